The van der Waals surface area contributed by atoms with Gasteiger partial charge in [-0.3, -0.25) is 14.6 Å². The average molecular weight is 377 g/mol. The first kappa shape index (κ1) is 18.7. The van der Waals surface area contributed by atoms with Gasteiger partial charge in [0.2, 0.25) is 5.91 Å². The molecule has 1 fully saturated rings. The zero-order valence-corrected chi connectivity index (χ0v) is 16.4. The summed E-state index contributed by atoms with van der Waals surface area (Å²) < 4.78 is 0. The van der Waals surface area contributed by atoms with Crippen molar-refractivity contribution in [1.82, 2.24) is 9.88 Å². The largest absolute Gasteiger partial charge is 0.343 e. The van der Waals surface area contributed by atoms with E-state index in [-0.39, 0.29) is 11.7 Å². The van der Waals surface area contributed by atoms with Gasteiger partial charge >= 0.3 is 0 Å². The molecule has 146 valence electrons. The Morgan fingerprint density at radius 3 is 2.54 bits per heavy atom. The monoisotopic (exact) mass is 377 g/mol. The van der Waals surface area contributed by atoms with Crippen LogP contribution in [0.3, 0.4) is 0 Å². The van der Waals surface area contributed by atoms with Crippen molar-refractivity contribution in [3.05, 3.63) is 53.9 Å². The van der Waals surface area contributed by atoms with E-state index in [9.17, 15) is 9.59 Å². The maximum Gasteiger partial charge on any atom is 0.219 e. The fraction of sp³-hybridized carbons (Fsp3) is 0.435. The number of aromatic nitrogens is 1. The van der Waals surface area contributed by atoms with Crippen LogP contribution in [0.5, 0.6) is 0 Å². The molecule has 5 heteroatoms. The number of hydrogen-bond donors (Lipinski definition) is 0. The number of fused-ring (bicyclic) bond motifs is 1. The molecule has 1 saturated heterocycles. The lowest BCUT2D eigenvalue weighted by Gasteiger charge is -2.31. The molecule has 0 aliphatic carbocycles. The Morgan fingerprint density at radius 1 is 1.07 bits per heavy atom. The van der Waals surface area contributed by atoms with E-state index < -0.39 is 0 Å². The first-order valence-corrected chi connectivity index (χ1v) is 10.2. The smallest absolute Gasteiger partial charge is 0.219 e. The predicted octanol–water partition coefficient (Wildman–Crippen LogP) is 4.00. The van der Waals surface area contributed by atoms with Gasteiger partial charge in [0, 0.05) is 62.3 Å². The van der Waals surface area contributed by atoms with E-state index in [1.807, 2.05) is 35.5 Å². The first-order valence-electron chi connectivity index (χ1n) is 10.2. The highest BCUT2D eigenvalue weighted by Crippen LogP contribution is 2.35. The summed E-state index contributed by atoms with van der Waals surface area (Å²) >= 11 is 0. The number of anilines is 2. The van der Waals surface area contributed by atoms with Crippen molar-refractivity contribution in [3.63, 3.8) is 0 Å². The van der Waals surface area contributed by atoms with Gasteiger partial charge in [0.25, 0.3) is 0 Å². The van der Waals surface area contributed by atoms with Crippen LogP contribution in [0.2, 0.25) is 0 Å². The number of benzene rings is 1. The summed E-state index contributed by atoms with van der Waals surface area (Å²) in [5, 5.41) is 0. The molecule has 4 rings (SSSR count). The maximum absolute atomic E-state index is 12.7. The molecule has 2 aromatic rings. The Bertz CT molecular complexity index is 857. The number of nitrogens with zero attached hydrogens (tertiary/aromatic N) is 3. The molecule has 2 aliphatic rings. The minimum atomic E-state index is 0.161. The Hall–Kier alpha value is -2.69. The van der Waals surface area contributed by atoms with E-state index in [0.29, 0.717) is 12.3 Å². The summed E-state index contributed by atoms with van der Waals surface area (Å²) in [6.45, 7) is 4.23. The molecule has 5 nitrogen and oxygen atoms in total. The molecular formula is C23H27N3O2. The number of amides is 1. The van der Waals surface area contributed by atoms with Crippen molar-refractivity contribution in [1.29, 1.82) is 0 Å². The summed E-state index contributed by atoms with van der Waals surface area (Å²) in [4.78, 5) is 32.4. The number of ketones is 1. The molecule has 1 amide bonds. The topological polar surface area (TPSA) is 53.5 Å². The lowest BCUT2D eigenvalue weighted by Crippen LogP contribution is -2.37. The molecule has 0 N–H and O–H groups in total. The van der Waals surface area contributed by atoms with Crippen LogP contribution in [-0.4, -0.2) is 41.2 Å². The molecule has 0 saturated carbocycles. The number of rotatable bonds is 5. The fourth-order valence-electron chi connectivity index (χ4n) is 4.38. The van der Waals surface area contributed by atoms with Crippen molar-refractivity contribution in [2.45, 2.75) is 39.0 Å². The third-order valence-electron chi connectivity index (χ3n) is 6.11. The second kappa shape index (κ2) is 8.13. The van der Waals surface area contributed by atoms with E-state index >= 15 is 0 Å². The number of likely N-dealkylation sites (tertiary alicyclic amines) is 1. The van der Waals surface area contributed by atoms with Crippen molar-refractivity contribution >= 4 is 23.1 Å². The second-order valence-electron chi connectivity index (χ2n) is 7.86. The van der Waals surface area contributed by atoms with Gasteiger partial charge < -0.3 is 9.80 Å². The second-order valence-corrected chi connectivity index (χ2v) is 7.86. The van der Waals surface area contributed by atoms with E-state index in [4.69, 9.17) is 0 Å². The number of Topliss-reactive ketones (excluding diaryl/α,β-unsaturated/α-hetero) is 1. The van der Waals surface area contributed by atoms with Crippen LogP contribution in [0.15, 0.2) is 42.7 Å². The zero-order valence-electron chi connectivity index (χ0n) is 16.4. The first-order chi connectivity index (χ1) is 13.6. The van der Waals surface area contributed by atoms with Crippen molar-refractivity contribution in [3.8, 4) is 0 Å². The van der Waals surface area contributed by atoms with Crippen LogP contribution in [0, 0.1) is 5.92 Å². The summed E-state index contributed by atoms with van der Waals surface area (Å²) in [5.74, 6) is 0.948. The number of carbonyl (C=O) groups excluding carboxylic acids is 2. The van der Waals surface area contributed by atoms with Crippen molar-refractivity contribution in [2.75, 3.05) is 24.5 Å². The van der Waals surface area contributed by atoms with Crippen LogP contribution in [0.4, 0.5) is 11.4 Å². The number of piperidine rings is 1. The van der Waals surface area contributed by atoms with E-state index in [2.05, 4.69) is 22.0 Å². The molecule has 0 bridgehead atoms. The fourth-order valence-corrected chi connectivity index (χ4v) is 4.38. The molecule has 0 radical (unpaired) electrons. The van der Waals surface area contributed by atoms with E-state index in [0.717, 1.165) is 56.6 Å². The highest BCUT2D eigenvalue weighted by atomic mass is 16.2. The lowest BCUT2D eigenvalue weighted by molar-refractivity contribution is -0.130. The van der Waals surface area contributed by atoms with Gasteiger partial charge in [-0.15, -0.1) is 0 Å². The van der Waals surface area contributed by atoms with Crippen molar-refractivity contribution < 1.29 is 9.59 Å². The SMILES string of the molecule is CC(=O)N1CCC(CCC(=O)c2ccc3c(c2)CCN3c2ccncc2)CC1. The highest BCUT2D eigenvalue weighted by Gasteiger charge is 2.23. The van der Waals surface area contributed by atoms with Gasteiger partial charge in [0.15, 0.2) is 5.78 Å². The predicted molar refractivity (Wildman–Crippen MR) is 110 cm³/mol. The molecule has 28 heavy (non-hydrogen) atoms. The molecule has 3 heterocycles. The average Bonchev–Trinajstić information content (AvgIpc) is 3.16. The zero-order chi connectivity index (χ0) is 19.5. The van der Waals surface area contributed by atoms with Crippen molar-refractivity contribution in [2.24, 2.45) is 5.92 Å². The molecular weight excluding hydrogens is 350 g/mol. The Kier molecular flexibility index (Phi) is 5.42. The third kappa shape index (κ3) is 3.93. The molecule has 1 aromatic carbocycles. The van der Waals surface area contributed by atoms with Crippen LogP contribution < -0.4 is 4.90 Å². The summed E-state index contributed by atoms with van der Waals surface area (Å²) in [7, 11) is 0. The Labute approximate surface area is 166 Å². The van der Waals surface area contributed by atoms with Gasteiger partial charge in [-0.05, 0) is 67.5 Å². The lowest BCUT2D eigenvalue weighted by atomic mass is 9.90. The molecule has 2 aliphatic heterocycles. The summed E-state index contributed by atoms with van der Waals surface area (Å²) in [6.07, 6.45) is 8.12. The quantitative estimate of drug-likeness (QED) is 0.739. The van der Waals surface area contributed by atoms with Crippen LogP contribution in [0.1, 0.15) is 48.5 Å². The van der Waals surface area contributed by atoms with E-state index in [1.54, 1.807) is 6.92 Å². The molecule has 0 unspecified atom stereocenters. The third-order valence-corrected chi connectivity index (χ3v) is 6.11. The Morgan fingerprint density at radius 2 is 1.82 bits per heavy atom. The van der Waals surface area contributed by atoms with Gasteiger partial charge in [-0.1, -0.05) is 0 Å². The minimum Gasteiger partial charge on any atom is -0.343 e. The number of pyridine rings is 1. The normalized spacial score (nSPS) is 16.9. The minimum absolute atomic E-state index is 0.161. The number of hydrogen-bond acceptors (Lipinski definition) is 4. The molecule has 0 spiro atoms. The summed E-state index contributed by atoms with van der Waals surface area (Å²) in [6, 6.07) is 10.2. The van der Waals surface area contributed by atoms with Gasteiger partial charge in [-0.2, -0.15) is 0 Å². The van der Waals surface area contributed by atoms with E-state index in [1.165, 1.54) is 11.3 Å². The highest BCUT2D eigenvalue weighted by molar-refractivity contribution is 5.97. The molecule has 1 aromatic heterocycles. The Balaban J connectivity index is 1.36. The van der Waals surface area contributed by atoms with Crippen LogP contribution >= 0.6 is 0 Å². The number of carbonyl (C=O) groups is 2. The van der Waals surface area contributed by atoms with Crippen LogP contribution in [-0.2, 0) is 11.2 Å². The standard InChI is InChI=1S/C23H27N3O2/c1-17(27)25-13-8-18(9-14-25)2-5-23(28)20-3-4-22-19(16-20)10-15-26(22)21-6-11-24-12-7-21/h3-4,6-7,11-12,16,18H,2,5,8-10,13-15H2,1H3. The van der Waals surface area contributed by atoms with Gasteiger partial charge in [-0.25, -0.2) is 0 Å². The molecule has 0 atom stereocenters. The van der Waals surface area contributed by atoms with Crippen LogP contribution in [0.25, 0.3) is 0 Å². The maximum atomic E-state index is 12.7. The van der Waals surface area contributed by atoms with Gasteiger partial charge in [0.05, 0.1) is 0 Å². The van der Waals surface area contributed by atoms with Gasteiger partial charge in [0.1, 0.15) is 0 Å². The summed E-state index contributed by atoms with van der Waals surface area (Å²) in [5.41, 5.74) is 4.41.